The molecule has 0 unspecified atom stereocenters. The molecule has 1 aliphatic heterocycles. The molecule has 1 heterocycles. The van der Waals surface area contributed by atoms with Gasteiger partial charge < -0.3 is 14.8 Å². The van der Waals surface area contributed by atoms with E-state index in [1.807, 2.05) is 18.2 Å². The highest BCUT2D eigenvalue weighted by molar-refractivity contribution is 5.99. The number of rotatable bonds is 7. The van der Waals surface area contributed by atoms with Gasteiger partial charge in [-0.3, -0.25) is 14.9 Å². The predicted molar refractivity (Wildman–Crippen MR) is 90.9 cm³/mol. The minimum Gasteiger partial charge on any atom is -0.454 e. The number of nitro benzene ring substituents is 1. The first-order valence-electron chi connectivity index (χ1n) is 8.05. The van der Waals surface area contributed by atoms with E-state index in [1.165, 1.54) is 17.7 Å². The lowest BCUT2D eigenvalue weighted by atomic mass is 10.1. The fraction of sp³-hybridized carbons (Fsp3) is 0.278. The summed E-state index contributed by atoms with van der Waals surface area (Å²) in [5, 5.41) is 13.9. The van der Waals surface area contributed by atoms with Gasteiger partial charge in [-0.2, -0.15) is 0 Å². The number of carbonyl (C=O) groups is 1. The lowest BCUT2D eigenvalue weighted by Crippen LogP contribution is -2.25. The van der Waals surface area contributed by atoms with Crippen LogP contribution >= 0.6 is 0 Å². The lowest BCUT2D eigenvalue weighted by Gasteiger charge is -2.07. The Morgan fingerprint density at radius 3 is 2.56 bits per heavy atom. The van der Waals surface area contributed by atoms with E-state index in [4.69, 9.17) is 9.47 Å². The second-order valence-electron chi connectivity index (χ2n) is 5.68. The molecule has 0 aromatic heterocycles. The minimum absolute atomic E-state index is 0.00293. The van der Waals surface area contributed by atoms with Crippen LogP contribution in [0.4, 0.5) is 5.69 Å². The monoisotopic (exact) mass is 342 g/mol. The summed E-state index contributed by atoms with van der Waals surface area (Å²) >= 11 is 0. The molecule has 7 heteroatoms. The number of unbranched alkanes of at least 4 members (excludes halogenated alkanes) is 1. The van der Waals surface area contributed by atoms with Crippen molar-refractivity contribution in [2.75, 3.05) is 13.3 Å². The van der Waals surface area contributed by atoms with E-state index in [0.717, 1.165) is 19.3 Å². The number of hydrogen-bond donors (Lipinski definition) is 1. The van der Waals surface area contributed by atoms with Crippen molar-refractivity contribution in [3.63, 3.8) is 0 Å². The van der Waals surface area contributed by atoms with Gasteiger partial charge in [0.25, 0.3) is 11.6 Å². The van der Waals surface area contributed by atoms with Gasteiger partial charge in [-0.25, -0.2) is 0 Å². The van der Waals surface area contributed by atoms with Crippen LogP contribution in [0.15, 0.2) is 42.5 Å². The smallest absolute Gasteiger partial charge is 0.286 e. The van der Waals surface area contributed by atoms with Crippen molar-refractivity contribution in [1.82, 2.24) is 5.32 Å². The number of benzene rings is 2. The molecule has 0 atom stereocenters. The summed E-state index contributed by atoms with van der Waals surface area (Å²) in [5.74, 6) is 0.149. The first kappa shape index (κ1) is 16.8. The molecule has 0 saturated heterocycles. The summed E-state index contributed by atoms with van der Waals surface area (Å²) in [4.78, 5) is 22.9. The molecular formula is C18H18N2O5. The van der Waals surface area contributed by atoms with Gasteiger partial charge in [-0.1, -0.05) is 30.3 Å². The fourth-order valence-corrected chi connectivity index (χ4v) is 2.66. The Morgan fingerprint density at radius 1 is 1.12 bits per heavy atom. The quantitative estimate of drug-likeness (QED) is 0.474. The number of nitrogens with zero attached hydrogens (tertiary/aromatic N) is 1. The zero-order chi connectivity index (χ0) is 17.6. The molecule has 0 spiro atoms. The van der Waals surface area contributed by atoms with Crippen LogP contribution < -0.4 is 14.8 Å². The standard InChI is InChI=1S/C18H18N2O5/c21-18(19-9-5-4-8-13-6-2-1-3-7-13)14-10-16-17(25-12-24-16)11-15(14)20(22)23/h1-3,6-7,10-11H,4-5,8-9,12H2,(H,19,21). The topological polar surface area (TPSA) is 90.7 Å². The summed E-state index contributed by atoms with van der Waals surface area (Å²) in [6, 6.07) is 12.7. The highest BCUT2D eigenvalue weighted by Crippen LogP contribution is 2.37. The van der Waals surface area contributed by atoms with Crippen LogP contribution in [0.2, 0.25) is 0 Å². The normalized spacial score (nSPS) is 12.0. The molecule has 0 aliphatic carbocycles. The van der Waals surface area contributed by atoms with Gasteiger partial charge in [0.1, 0.15) is 5.56 Å². The Hall–Kier alpha value is -3.09. The Labute approximate surface area is 144 Å². The minimum atomic E-state index is -0.591. The SMILES string of the molecule is O=C(NCCCCc1ccccc1)c1cc2c(cc1[N+](=O)[O-])OCO2. The maximum atomic E-state index is 12.3. The Balaban J connectivity index is 1.55. The Bertz CT molecular complexity index is 777. The molecule has 3 rings (SSSR count). The maximum absolute atomic E-state index is 12.3. The first-order valence-corrected chi connectivity index (χ1v) is 8.05. The van der Waals surface area contributed by atoms with Crippen LogP contribution in [0.25, 0.3) is 0 Å². The van der Waals surface area contributed by atoms with Gasteiger partial charge in [0, 0.05) is 12.6 Å². The molecule has 25 heavy (non-hydrogen) atoms. The van der Waals surface area contributed by atoms with Crippen LogP contribution in [0, 0.1) is 10.1 Å². The summed E-state index contributed by atoms with van der Waals surface area (Å²) in [6.45, 7) is 0.453. The molecule has 7 nitrogen and oxygen atoms in total. The fourth-order valence-electron chi connectivity index (χ4n) is 2.66. The predicted octanol–water partition coefficient (Wildman–Crippen LogP) is 3.08. The van der Waals surface area contributed by atoms with Crippen molar-refractivity contribution in [2.24, 2.45) is 0 Å². The van der Waals surface area contributed by atoms with Crippen LogP contribution in [-0.4, -0.2) is 24.2 Å². The lowest BCUT2D eigenvalue weighted by molar-refractivity contribution is -0.385. The van der Waals surface area contributed by atoms with Gasteiger partial charge in [-0.15, -0.1) is 0 Å². The number of amides is 1. The molecule has 2 aromatic carbocycles. The van der Waals surface area contributed by atoms with E-state index in [1.54, 1.807) is 0 Å². The van der Waals surface area contributed by atoms with Gasteiger partial charge in [0.05, 0.1) is 11.0 Å². The second-order valence-corrected chi connectivity index (χ2v) is 5.68. The maximum Gasteiger partial charge on any atom is 0.286 e. The van der Waals surface area contributed by atoms with E-state index in [-0.39, 0.29) is 23.8 Å². The highest BCUT2D eigenvalue weighted by Gasteiger charge is 2.26. The molecule has 1 N–H and O–H groups in total. The zero-order valence-corrected chi connectivity index (χ0v) is 13.6. The summed E-state index contributed by atoms with van der Waals surface area (Å²) in [5.41, 5.74) is 0.948. The zero-order valence-electron chi connectivity index (χ0n) is 13.6. The van der Waals surface area contributed by atoms with Crippen molar-refractivity contribution in [2.45, 2.75) is 19.3 Å². The summed E-state index contributed by atoms with van der Waals surface area (Å²) in [7, 11) is 0. The molecule has 0 fully saturated rings. The van der Waals surface area contributed by atoms with Crippen molar-refractivity contribution >= 4 is 11.6 Å². The Morgan fingerprint density at radius 2 is 1.84 bits per heavy atom. The molecule has 1 aliphatic rings. The number of nitrogens with one attached hydrogen (secondary N) is 1. The van der Waals surface area contributed by atoms with Crippen LogP contribution in [0.1, 0.15) is 28.8 Å². The molecule has 2 aromatic rings. The van der Waals surface area contributed by atoms with Crippen LogP contribution in [0.3, 0.4) is 0 Å². The number of ether oxygens (including phenoxy) is 2. The van der Waals surface area contributed by atoms with Crippen molar-refractivity contribution in [1.29, 1.82) is 0 Å². The van der Waals surface area contributed by atoms with Crippen molar-refractivity contribution < 1.29 is 19.2 Å². The number of hydrogen-bond acceptors (Lipinski definition) is 5. The largest absolute Gasteiger partial charge is 0.454 e. The van der Waals surface area contributed by atoms with E-state index < -0.39 is 10.8 Å². The molecular weight excluding hydrogens is 324 g/mol. The van der Waals surface area contributed by atoms with Gasteiger partial charge >= 0.3 is 0 Å². The Kier molecular flexibility index (Phi) is 5.13. The number of aryl methyl sites for hydroxylation is 1. The highest BCUT2D eigenvalue weighted by atomic mass is 16.7. The van der Waals surface area contributed by atoms with Crippen LogP contribution in [-0.2, 0) is 6.42 Å². The van der Waals surface area contributed by atoms with E-state index in [2.05, 4.69) is 17.4 Å². The van der Waals surface area contributed by atoms with E-state index in [9.17, 15) is 14.9 Å². The van der Waals surface area contributed by atoms with Crippen molar-refractivity contribution in [3.05, 3.63) is 63.7 Å². The van der Waals surface area contributed by atoms with Gasteiger partial charge in [0.2, 0.25) is 6.79 Å². The third-order valence-electron chi connectivity index (χ3n) is 3.95. The van der Waals surface area contributed by atoms with Gasteiger partial charge in [0.15, 0.2) is 11.5 Å². The first-order chi connectivity index (χ1) is 12.1. The molecule has 0 bridgehead atoms. The molecule has 0 saturated carbocycles. The van der Waals surface area contributed by atoms with E-state index in [0.29, 0.717) is 12.3 Å². The molecule has 130 valence electrons. The number of nitro groups is 1. The van der Waals surface area contributed by atoms with E-state index >= 15 is 0 Å². The van der Waals surface area contributed by atoms with Gasteiger partial charge in [-0.05, 0) is 24.8 Å². The third kappa shape index (κ3) is 4.06. The summed E-state index contributed by atoms with van der Waals surface area (Å²) in [6.07, 6.45) is 2.65. The average molecular weight is 342 g/mol. The molecule has 0 radical (unpaired) electrons. The number of fused-ring (bicyclic) bond motifs is 1. The molecule has 1 amide bonds. The van der Waals surface area contributed by atoms with Crippen LogP contribution in [0.5, 0.6) is 11.5 Å². The average Bonchev–Trinajstić information content (AvgIpc) is 3.08. The van der Waals surface area contributed by atoms with Crippen molar-refractivity contribution in [3.8, 4) is 11.5 Å². The summed E-state index contributed by atoms with van der Waals surface area (Å²) < 4.78 is 10.3. The third-order valence-corrected chi connectivity index (χ3v) is 3.95. The second kappa shape index (κ2) is 7.65. The number of carbonyl (C=O) groups excluding carboxylic acids is 1.